The highest BCUT2D eigenvalue weighted by molar-refractivity contribution is 8.00. The zero-order chi connectivity index (χ0) is 29.9. The van der Waals surface area contributed by atoms with Crippen LogP contribution in [0.1, 0.15) is 26.3 Å². The van der Waals surface area contributed by atoms with E-state index in [2.05, 4.69) is 15.4 Å². The molecule has 1 aromatic carbocycles. The first-order valence-electron chi connectivity index (χ1n) is 13.2. The monoisotopic (exact) mass is 609 g/mol. The summed E-state index contributed by atoms with van der Waals surface area (Å²) in [4.78, 5) is 44.7. The van der Waals surface area contributed by atoms with E-state index in [-0.39, 0.29) is 12.3 Å². The van der Waals surface area contributed by atoms with E-state index >= 15 is 0 Å². The highest BCUT2D eigenvalue weighted by atomic mass is 32.2. The molecule has 3 aromatic rings. The summed E-state index contributed by atoms with van der Waals surface area (Å²) in [5.74, 6) is 0.733. The molecule has 2 aliphatic rings. The summed E-state index contributed by atoms with van der Waals surface area (Å²) in [5, 5.41) is 7.53. The Balaban J connectivity index is 1.31. The molecule has 0 aliphatic carbocycles. The van der Waals surface area contributed by atoms with E-state index in [0.717, 1.165) is 16.2 Å². The fourth-order valence-electron chi connectivity index (χ4n) is 4.33. The molecular weight excluding hydrogens is 578 g/mol. The molecule has 2 atom stereocenters. The predicted molar refractivity (Wildman–Crippen MR) is 159 cm³/mol. The van der Waals surface area contributed by atoms with Crippen LogP contribution in [0.25, 0.3) is 5.65 Å². The van der Waals surface area contributed by atoms with Crippen molar-refractivity contribution in [2.45, 2.75) is 49.4 Å². The number of alkyl carbamates (subject to hydrolysis) is 1. The standard InChI is InChI=1S/C29H31N5O6S2/c1-29(2,3)40-28(37)31-23-25(35)34-24(27(36)39-16-18-7-9-20(38-4)10-8-18)19(17-42-26(23)34)6-5-15-41-22-12-11-21-30-13-14-33(21)32-22/h5-14,23,26H,15-17H2,1-4H3,(H,31,37)/b6-5+/t23-,26-/m1/s1. The van der Waals surface area contributed by atoms with Crippen LogP contribution in [0.4, 0.5) is 4.79 Å². The number of imidazole rings is 1. The van der Waals surface area contributed by atoms with Gasteiger partial charge in [0.1, 0.15) is 40.1 Å². The molecule has 0 spiro atoms. The van der Waals surface area contributed by atoms with Gasteiger partial charge in [0, 0.05) is 23.9 Å². The number of carbonyl (C=O) groups is 3. The number of nitrogens with one attached hydrogen (secondary N) is 1. The Kier molecular flexibility index (Phi) is 8.78. The van der Waals surface area contributed by atoms with Gasteiger partial charge in [-0.1, -0.05) is 24.3 Å². The van der Waals surface area contributed by atoms with Crippen LogP contribution in [0.2, 0.25) is 0 Å². The number of β-lactam (4-membered cyclic amide) rings is 1. The van der Waals surface area contributed by atoms with Gasteiger partial charge in [0.2, 0.25) is 0 Å². The second-order valence-corrected chi connectivity index (χ2v) is 12.6. The van der Waals surface area contributed by atoms with E-state index in [0.29, 0.717) is 22.8 Å². The predicted octanol–water partition coefficient (Wildman–Crippen LogP) is 4.19. The summed E-state index contributed by atoms with van der Waals surface area (Å²) in [7, 11) is 1.58. The summed E-state index contributed by atoms with van der Waals surface area (Å²) in [6.45, 7) is 5.28. The molecule has 0 bridgehead atoms. The summed E-state index contributed by atoms with van der Waals surface area (Å²) in [6, 6.07) is 10.2. The largest absolute Gasteiger partial charge is 0.497 e. The van der Waals surface area contributed by atoms with E-state index in [1.165, 1.54) is 28.4 Å². The van der Waals surface area contributed by atoms with Crippen molar-refractivity contribution in [3.8, 4) is 5.75 Å². The van der Waals surface area contributed by atoms with Crippen molar-refractivity contribution < 1.29 is 28.6 Å². The number of carbonyl (C=O) groups excluding carboxylic acids is 3. The lowest BCUT2D eigenvalue weighted by Gasteiger charge is -2.49. The SMILES string of the molecule is COc1ccc(COC(=O)C2=C(/C=C/CSc3ccc4nccn4n3)CS[C@@H]3[C@H](NC(=O)OC(C)(C)C)C(=O)N23)cc1. The number of fused-ring (bicyclic) bond motifs is 2. The molecule has 5 rings (SSSR count). The minimum absolute atomic E-state index is 0.0288. The van der Waals surface area contributed by atoms with Crippen LogP contribution in [0.5, 0.6) is 5.75 Å². The van der Waals surface area contributed by atoms with Crippen LogP contribution < -0.4 is 10.1 Å². The van der Waals surface area contributed by atoms with Gasteiger partial charge in [-0.3, -0.25) is 9.69 Å². The Bertz CT molecular complexity index is 1550. The maximum Gasteiger partial charge on any atom is 0.408 e. The van der Waals surface area contributed by atoms with Crippen molar-refractivity contribution in [2.24, 2.45) is 0 Å². The Hall–Kier alpha value is -3.97. The van der Waals surface area contributed by atoms with Crippen LogP contribution in [0.3, 0.4) is 0 Å². The zero-order valence-electron chi connectivity index (χ0n) is 23.6. The second-order valence-electron chi connectivity index (χ2n) is 10.4. The third-order valence-corrected chi connectivity index (χ3v) is 8.44. The fourth-order valence-corrected chi connectivity index (χ4v) is 6.32. The fraction of sp³-hybridized carbons (Fsp3) is 0.345. The van der Waals surface area contributed by atoms with Gasteiger partial charge in [-0.15, -0.1) is 23.5 Å². The van der Waals surface area contributed by atoms with Crippen LogP contribution in [0, 0.1) is 0 Å². The lowest BCUT2D eigenvalue weighted by molar-refractivity contribution is -0.152. The maximum atomic E-state index is 13.4. The van der Waals surface area contributed by atoms with Crippen molar-refractivity contribution in [2.75, 3.05) is 18.6 Å². The third kappa shape index (κ3) is 6.73. The minimum atomic E-state index is -0.806. The normalized spacial score (nSPS) is 18.6. The molecule has 13 heteroatoms. The Morgan fingerprint density at radius 2 is 1.98 bits per heavy atom. The summed E-state index contributed by atoms with van der Waals surface area (Å²) < 4.78 is 17.9. The number of esters is 1. The van der Waals surface area contributed by atoms with Gasteiger partial charge < -0.3 is 19.5 Å². The number of allylic oxidation sites excluding steroid dienone is 1. The van der Waals surface area contributed by atoms with Gasteiger partial charge in [0.15, 0.2) is 5.65 Å². The average molecular weight is 610 g/mol. The van der Waals surface area contributed by atoms with Gasteiger partial charge in [-0.05, 0) is 56.2 Å². The molecule has 220 valence electrons. The highest BCUT2D eigenvalue weighted by Gasteiger charge is 2.54. The smallest absolute Gasteiger partial charge is 0.408 e. The Morgan fingerprint density at radius 3 is 2.71 bits per heavy atom. The number of benzene rings is 1. The van der Waals surface area contributed by atoms with Crippen LogP contribution in [0.15, 0.2) is 77.2 Å². The van der Waals surface area contributed by atoms with E-state index in [9.17, 15) is 14.4 Å². The molecule has 2 aromatic heterocycles. The van der Waals surface area contributed by atoms with Crippen molar-refractivity contribution >= 4 is 47.1 Å². The highest BCUT2D eigenvalue weighted by Crippen LogP contribution is 2.41. The first-order valence-corrected chi connectivity index (χ1v) is 15.2. The minimum Gasteiger partial charge on any atom is -0.497 e. The van der Waals surface area contributed by atoms with Crippen molar-refractivity contribution in [1.29, 1.82) is 0 Å². The van der Waals surface area contributed by atoms with Crippen molar-refractivity contribution in [3.63, 3.8) is 0 Å². The number of aromatic nitrogens is 3. The Morgan fingerprint density at radius 1 is 1.19 bits per heavy atom. The van der Waals surface area contributed by atoms with E-state index in [1.807, 2.05) is 36.4 Å². The number of thioether (sulfide) groups is 2. The van der Waals surface area contributed by atoms with Gasteiger partial charge in [0.25, 0.3) is 5.91 Å². The lowest BCUT2D eigenvalue weighted by Crippen LogP contribution is -2.70. The molecule has 1 saturated heterocycles. The maximum absolute atomic E-state index is 13.4. The average Bonchev–Trinajstić information content (AvgIpc) is 3.44. The van der Waals surface area contributed by atoms with Crippen LogP contribution >= 0.6 is 23.5 Å². The molecule has 42 heavy (non-hydrogen) atoms. The van der Waals surface area contributed by atoms with E-state index < -0.39 is 35.0 Å². The van der Waals surface area contributed by atoms with Crippen molar-refractivity contribution in [1.82, 2.24) is 24.8 Å². The first kappa shape index (κ1) is 29.5. The molecule has 0 saturated carbocycles. The molecule has 4 heterocycles. The van der Waals surface area contributed by atoms with E-state index in [1.54, 1.807) is 56.9 Å². The van der Waals surface area contributed by atoms with Crippen LogP contribution in [-0.4, -0.2) is 73.1 Å². The van der Waals surface area contributed by atoms with E-state index in [4.69, 9.17) is 14.2 Å². The summed E-state index contributed by atoms with van der Waals surface area (Å²) in [6.07, 6.45) is 6.57. The number of hydrogen-bond acceptors (Lipinski definition) is 10. The molecule has 2 amide bonds. The number of rotatable bonds is 9. The topological polar surface area (TPSA) is 124 Å². The van der Waals surface area contributed by atoms with Crippen molar-refractivity contribution in [3.05, 3.63) is 77.8 Å². The lowest BCUT2D eigenvalue weighted by atomic mass is 10.0. The molecule has 1 fully saturated rings. The first-order chi connectivity index (χ1) is 20.1. The van der Waals surface area contributed by atoms with Crippen LogP contribution in [-0.2, 0) is 25.7 Å². The van der Waals surface area contributed by atoms with Gasteiger partial charge >= 0.3 is 12.1 Å². The summed E-state index contributed by atoms with van der Waals surface area (Å²) >= 11 is 2.99. The van der Waals surface area contributed by atoms with Gasteiger partial charge in [-0.2, -0.15) is 5.10 Å². The molecule has 0 unspecified atom stereocenters. The molecule has 2 aliphatic heterocycles. The molecule has 1 N–H and O–H groups in total. The summed E-state index contributed by atoms with van der Waals surface area (Å²) in [5.41, 5.74) is 1.69. The number of nitrogens with zero attached hydrogens (tertiary/aromatic N) is 4. The Labute approximate surface area is 251 Å². The van der Waals surface area contributed by atoms with Gasteiger partial charge in [0.05, 0.1) is 7.11 Å². The number of amides is 2. The second kappa shape index (κ2) is 12.5. The quantitative estimate of drug-likeness (QED) is 0.215. The number of methoxy groups -OCH3 is 1. The van der Waals surface area contributed by atoms with Gasteiger partial charge in [-0.25, -0.2) is 19.1 Å². The number of hydrogen-bond donors (Lipinski definition) is 1. The molecular formula is C29H31N5O6S2. The third-order valence-electron chi connectivity index (χ3n) is 6.27. The molecule has 11 nitrogen and oxygen atoms in total. The zero-order valence-corrected chi connectivity index (χ0v) is 25.2. The molecule has 0 radical (unpaired) electrons. The number of ether oxygens (including phenoxy) is 3.